The molecule has 82 valence electrons. The van der Waals surface area contributed by atoms with Crippen molar-refractivity contribution in [2.75, 3.05) is 6.54 Å². The molecular formula is C11H15NO3. The van der Waals surface area contributed by atoms with Crippen molar-refractivity contribution in [3.05, 3.63) is 24.2 Å². The molecule has 1 fully saturated rings. The third kappa shape index (κ3) is 2.04. The summed E-state index contributed by atoms with van der Waals surface area (Å²) in [5.74, 6) is -0.0303. The monoisotopic (exact) mass is 209 g/mol. The molecular weight excluding hydrogens is 194 g/mol. The minimum absolute atomic E-state index is 0.0904. The molecule has 0 aromatic carbocycles. The first-order valence-electron chi connectivity index (χ1n) is 5.17. The Morgan fingerprint density at radius 1 is 1.73 bits per heavy atom. The maximum absolute atomic E-state index is 10.9. The molecule has 0 radical (unpaired) electrons. The lowest BCUT2D eigenvalue weighted by atomic mass is 10.0. The average molecular weight is 209 g/mol. The van der Waals surface area contributed by atoms with E-state index in [1.165, 1.54) is 0 Å². The second-order valence-corrected chi connectivity index (χ2v) is 4.02. The van der Waals surface area contributed by atoms with Gasteiger partial charge in [-0.15, -0.1) is 0 Å². The number of hydrogen-bond donors (Lipinski definition) is 1. The van der Waals surface area contributed by atoms with Crippen molar-refractivity contribution in [2.45, 2.75) is 25.9 Å². The van der Waals surface area contributed by atoms with Crippen LogP contribution in [0.1, 0.15) is 19.1 Å². The molecule has 4 heteroatoms. The molecule has 1 aromatic heterocycles. The van der Waals surface area contributed by atoms with E-state index in [1.54, 1.807) is 6.26 Å². The van der Waals surface area contributed by atoms with Crippen LogP contribution in [0, 0.1) is 5.92 Å². The number of carbonyl (C=O) groups is 1. The highest BCUT2D eigenvalue weighted by Gasteiger charge is 2.35. The van der Waals surface area contributed by atoms with E-state index in [0.717, 1.165) is 18.7 Å². The van der Waals surface area contributed by atoms with E-state index in [-0.39, 0.29) is 12.0 Å². The van der Waals surface area contributed by atoms with Gasteiger partial charge in [-0.2, -0.15) is 0 Å². The summed E-state index contributed by atoms with van der Waals surface area (Å²) in [6.45, 7) is 3.51. The van der Waals surface area contributed by atoms with Gasteiger partial charge in [0, 0.05) is 6.04 Å². The van der Waals surface area contributed by atoms with Gasteiger partial charge >= 0.3 is 5.97 Å². The van der Waals surface area contributed by atoms with Crippen LogP contribution in [0.3, 0.4) is 0 Å². The molecule has 1 aromatic rings. The third-order valence-electron chi connectivity index (χ3n) is 3.14. The molecule has 0 amide bonds. The largest absolute Gasteiger partial charge is 0.481 e. The van der Waals surface area contributed by atoms with Crippen LogP contribution < -0.4 is 0 Å². The molecule has 0 spiro atoms. The summed E-state index contributed by atoms with van der Waals surface area (Å²) in [6, 6.07) is 3.86. The number of carboxylic acid groups (broad SMARTS) is 1. The Hall–Kier alpha value is -1.29. The fourth-order valence-corrected chi connectivity index (χ4v) is 2.16. The highest BCUT2D eigenvalue weighted by atomic mass is 16.4. The Balaban J connectivity index is 1.98. The minimum atomic E-state index is -0.690. The van der Waals surface area contributed by atoms with Crippen molar-refractivity contribution in [1.29, 1.82) is 0 Å². The van der Waals surface area contributed by atoms with E-state index in [2.05, 4.69) is 4.90 Å². The lowest BCUT2D eigenvalue weighted by molar-refractivity contribution is -0.142. The normalized spacial score (nSPS) is 27.0. The van der Waals surface area contributed by atoms with Crippen LogP contribution in [0.4, 0.5) is 0 Å². The fourth-order valence-electron chi connectivity index (χ4n) is 2.16. The molecule has 1 aliphatic heterocycles. The summed E-state index contributed by atoms with van der Waals surface area (Å²) in [7, 11) is 0. The number of likely N-dealkylation sites (tertiary alicyclic amines) is 1. The second kappa shape index (κ2) is 4.06. The molecule has 1 aliphatic rings. The van der Waals surface area contributed by atoms with Gasteiger partial charge in [-0.3, -0.25) is 9.69 Å². The van der Waals surface area contributed by atoms with Crippen molar-refractivity contribution in [1.82, 2.24) is 4.90 Å². The Bertz CT molecular complexity index is 334. The first-order valence-corrected chi connectivity index (χ1v) is 5.17. The van der Waals surface area contributed by atoms with Gasteiger partial charge in [0.05, 0.1) is 18.7 Å². The Morgan fingerprint density at radius 2 is 2.53 bits per heavy atom. The molecule has 1 saturated heterocycles. The summed E-state index contributed by atoms with van der Waals surface area (Å²) >= 11 is 0. The molecule has 2 rings (SSSR count). The zero-order valence-corrected chi connectivity index (χ0v) is 8.72. The maximum Gasteiger partial charge on any atom is 0.308 e. The van der Waals surface area contributed by atoms with E-state index in [1.807, 2.05) is 19.1 Å². The summed E-state index contributed by atoms with van der Waals surface area (Å²) in [5.41, 5.74) is 0. The smallest absolute Gasteiger partial charge is 0.308 e. The van der Waals surface area contributed by atoms with Crippen molar-refractivity contribution in [3.8, 4) is 0 Å². The van der Waals surface area contributed by atoms with Crippen LogP contribution >= 0.6 is 0 Å². The van der Waals surface area contributed by atoms with Gasteiger partial charge in [0.1, 0.15) is 5.76 Å². The summed E-state index contributed by atoms with van der Waals surface area (Å²) in [5, 5.41) is 8.98. The van der Waals surface area contributed by atoms with Crippen LogP contribution in [0.15, 0.2) is 22.8 Å². The van der Waals surface area contributed by atoms with Gasteiger partial charge in [0.25, 0.3) is 0 Å². The zero-order valence-electron chi connectivity index (χ0n) is 8.72. The number of nitrogens with zero attached hydrogens (tertiary/aromatic N) is 1. The van der Waals surface area contributed by atoms with E-state index < -0.39 is 5.97 Å². The molecule has 15 heavy (non-hydrogen) atoms. The van der Waals surface area contributed by atoms with Crippen LogP contribution in [-0.2, 0) is 11.3 Å². The maximum atomic E-state index is 10.9. The number of furan rings is 1. The molecule has 4 nitrogen and oxygen atoms in total. The molecule has 0 unspecified atom stereocenters. The molecule has 0 aliphatic carbocycles. The van der Waals surface area contributed by atoms with E-state index in [9.17, 15) is 4.79 Å². The highest BCUT2D eigenvalue weighted by molar-refractivity contribution is 5.71. The third-order valence-corrected chi connectivity index (χ3v) is 3.14. The van der Waals surface area contributed by atoms with Crippen molar-refractivity contribution >= 4 is 5.97 Å². The summed E-state index contributed by atoms with van der Waals surface area (Å²) in [6.07, 6.45) is 2.38. The Kier molecular flexibility index (Phi) is 2.77. The van der Waals surface area contributed by atoms with Gasteiger partial charge in [0.2, 0.25) is 0 Å². The Morgan fingerprint density at radius 3 is 3.07 bits per heavy atom. The average Bonchev–Trinajstić information content (AvgIpc) is 2.78. The number of hydrogen-bond acceptors (Lipinski definition) is 3. The highest BCUT2D eigenvalue weighted by Crippen LogP contribution is 2.25. The van der Waals surface area contributed by atoms with E-state index in [0.29, 0.717) is 6.54 Å². The summed E-state index contributed by atoms with van der Waals surface area (Å²) in [4.78, 5) is 13.1. The van der Waals surface area contributed by atoms with Crippen LogP contribution in [0.5, 0.6) is 0 Å². The van der Waals surface area contributed by atoms with Gasteiger partial charge in [-0.05, 0) is 32.0 Å². The molecule has 2 heterocycles. The molecule has 0 saturated carbocycles. The number of carboxylic acids is 1. The first kappa shape index (κ1) is 10.2. The number of aliphatic carboxylic acids is 1. The topological polar surface area (TPSA) is 53.7 Å². The van der Waals surface area contributed by atoms with Crippen molar-refractivity contribution < 1.29 is 14.3 Å². The molecule has 2 atom stereocenters. The van der Waals surface area contributed by atoms with Gasteiger partial charge in [0.15, 0.2) is 0 Å². The zero-order chi connectivity index (χ0) is 10.8. The predicted molar refractivity (Wildman–Crippen MR) is 54.3 cm³/mol. The van der Waals surface area contributed by atoms with Gasteiger partial charge in [-0.1, -0.05) is 0 Å². The van der Waals surface area contributed by atoms with Gasteiger partial charge < -0.3 is 9.52 Å². The van der Waals surface area contributed by atoms with Gasteiger partial charge in [-0.25, -0.2) is 0 Å². The Labute approximate surface area is 88.5 Å². The van der Waals surface area contributed by atoms with E-state index >= 15 is 0 Å². The predicted octanol–water partition coefficient (Wildman–Crippen LogP) is 1.57. The minimum Gasteiger partial charge on any atom is -0.481 e. The van der Waals surface area contributed by atoms with Crippen LogP contribution in [0.25, 0.3) is 0 Å². The first-order chi connectivity index (χ1) is 7.18. The summed E-state index contributed by atoms with van der Waals surface area (Å²) < 4.78 is 5.25. The fraction of sp³-hybridized carbons (Fsp3) is 0.545. The molecule has 1 N–H and O–H groups in total. The SMILES string of the molecule is C[C@@H]1[C@@H](C(=O)O)CCN1Cc1ccco1. The van der Waals surface area contributed by atoms with Crippen molar-refractivity contribution in [2.24, 2.45) is 5.92 Å². The standard InChI is InChI=1S/C11H15NO3/c1-8-10(11(13)14)4-5-12(8)7-9-3-2-6-15-9/h2-3,6,8,10H,4-5,7H2,1H3,(H,13,14)/t8-,10+/m1/s1. The van der Waals surface area contributed by atoms with Crippen molar-refractivity contribution in [3.63, 3.8) is 0 Å². The number of rotatable bonds is 3. The molecule has 0 bridgehead atoms. The van der Waals surface area contributed by atoms with E-state index in [4.69, 9.17) is 9.52 Å². The lowest BCUT2D eigenvalue weighted by Gasteiger charge is -2.21. The second-order valence-electron chi connectivity index (χ2n) is 4.02. The van der Waals surface area contributed by atoms with Crippen LogP contribution in [-0.4, -0.2) is 28.6 Å². The van der Waals surface area contributed by atoms with Crippen LogP contribution in [0.2, 0.25) is 0 Å². The lowest BCUT2D eigenvalue weighted by Crippen LogP contribution is -2.32. The quantitative estimate of drug-likeness (QED) is 0.821.